The Kier molecular flexibility index (Phi) is 5.21. The Hall–Kier alpha value is -1.14. The number of amides is 1. The number of hydrogen-bond acceptors (Lipinski definition) is 4. The van der Waals surface area contributed by atoms with Crippen molar-refractivity contribution < 1.29 is 19.8 Å². The van der Waals surface area contributed by atoms with E-state index in [1.165, 1.54) is 0 Å². The van der Waals surface area contributed by atoms with Crippen molar-refractivity contribution in [3.63, 3.8) is 0 Å². The van der Waals surface area contributed by atoms with Gasteiger partial charge in [0, 0.05) is 18.9 Å². The van der Waals surface area contributed by atoms with Crippen molar-refractivity contribution in [2.24, 2.45) is 5.92 Å². The molecule has 6 nitrogen and oxygen atoms in total. The van der Waals surface area contributed by atoms with Crippen molar-refractivity contribution in [2.75, 3.05) is 19.6 Å². The SMILES string of the molecule is O=C(NCC[C@H](O)C(=O)O)C1CCNCC1. The van der Waals surface area contributed by atoms with Gasteiger partial charge in [-0.3, -0.25) is 4.79 Å². The number of carbonyl (C=O) groups excluding carboxylic acids is 1. The van der Waals surface area contributed by atoms with Crippen LogP contribution in [0, 0.1) is 5.92 Å². The lowest BCUT2D eigenvalue weighted by Crippen LogP contribution is -2.39. The van der Waals surface area contributed by atoms with E-state index in [9.17, 15) is 9.59 Å². The van der Waals surface area contributed by atoms with Crippen molar-refractivity contribution >= 4 is 11.9 Å². The fourth-order valence-corrected chi connectivity index (χ4v) is 1.68. The van der Waals surface area contributed by atoms with Crippen molar-refractivity contribution in [1.29, 1.82) is 0 Å². The van der Waals surface area contributed by atoms with E-state index in [2.05, 4.69) is 10.6 Å². The first-order valence-corrected chi connectivity index (χ1v) is 5.50. The Morgan fingerprint density at radius 1 is 1.38 bits per heavy atom. The maximum atomic E-state index is 11.6. The number of hydrogen-bond donors (Lipinski definition) is 4. The smallest absolute Gasteiger partial charge is 0.332 e. The Bertz CT molecular complexity index is 251. The predicted octanol–water partition coefficient (Wildman–Crippen LogP) is -1.06. The standard InChI is InChI=1S/C10H18N2O4/c13-8(10(15)16)3-6-12-9(14)7-1-4-11-5-2-7/h7-8,11,13H,1-6H2,(H,12,14)(H,15,16)/t8-/m0/s1. The zero-order valence-corrected chi connectivity index (χ0v) is 9.11. The second kappa shape index (κ2) is 6.44. The highest BCUT2D eigenvalue weighted by molar-refractivity contribution is 5.78. The molecular formula is C10H18N2O4. The van der Waals surface area contributed by atoms with E-state index >= 15 is 0 Å². The van der Waals surface area contributed by atoms with Gasteiger partial charge in [0.15, 0.2) is 6.10 Å². The van der Waals surface area contributed by atoms with Gasteiger partial charge in [-0.1, -0.05) is 0 Å². The van der Waals surface area contributed by atoms with Crippen molar-refractivity contribution in [3.8, 4) is 0 Å². The third-order valence-corrected chi connectivity index (χ3v) is 2.71. The fraction of sp³-hybridized carbons (Fsp3) is 0.800. The molecule has 0 aromatic carbocycles. The van der Waals surface area contributed by atoms with Gasteiger partial charge in [0.2, 0.25) is 5.91 Å². The van der Waals surface area contributed by atoms with Crippen molar-refractivity contribution in [1.82, 2.24) is 10.6 Å². The van der Waals surface area contributed by atoms with Crippen LogP contribution in [0.5, 0.6) is 0 Å². The maximum Gasteiger partial charge on any atom is 0.332 e. The van der Waals surface area contributed by atoms with E-state index in [-0.39, 0.29) is 24.8 Å². The van der Waals surface area contributed by atoms with E-state index in [1.807, 2.05) is 0 Å². The molecule has 1 aliphatic heterocycles. The number of carboxylic acid groups (broad SMARTS) is 1. The molecule has 1 amide bonds. The number of aliphatic carboxylic acids is 1. The van der Waals surface area contributed by atoms with E-state index in [1.54, 1.807) is 0 Å². The van der Waals surface area contributed by atoms with Crippen LogP contribution in [0.2, 0.25) is 0 Å². The molecule has 0 aliphatic carbocycles. The fourth-order valence-electron chi connectivity index (χ4n) is 1.68. The Labute approximate surface area is 94.0 Å². The van der Waals surface area contributed by atoms with Crippen LogP contribution in [0.4, 0.5) is 0 Å². The lowest BCUT2D eigenvalue weighted by atomic mass is 9.97. The van der Waals surface area contributed by atoms with Gasteiger partial charge in [-0.2, -0.15) is 0 Å². The van der Waals surface area contributed by atoms with Gasteiger partial charge in [-0.05, 0) is 25.9 Å². The molecule has 1 rings (SSSR count). The zero-order valence-electron chi connectivity index (χ0n) is 9.11. The highest BCUT2D eigenvalue weighted by atomic mass is 16.4. The minimum Gasteiger partial charge on any atom is -0.479 e. The molecule has 16 heavy (non-hydrogen) atoms. The van der Waals surface area contributed by atoms with Gasteiger partial charge in [-0.15, -0.1) is 0 Å². The molecule has 0 aromatic heterocycles. The quantitative estimate of drug-likeness (QED) is 0.482. The van der Waals surface area contributed by atoms with Crippen LogP contribution in [0.1, 0.15) is 19.3 Å². The minimum absolute atomic E-state index is 0.0169. The first-order chi connectivity index (χ1) is 7.61. The van der Waals surface area contributed by atoms with Crippen LogP contribution < -0.4 is 10.6 Å². The Balaban J connectivity index is 2.16. The number of carboxylic acids is 1. The minimum atomic E-state index is -1.40. The molecule has 1 heterocycles. The number of aliphatic hydroxyl groups is 1. The van der Waals surface area contributed by atoms with E-state index in [0.717, 1.165) is 25.9 Å². The highest BCUT2D eigenvalue weighted by Crippen LogP contribution is 2.11. The molecule has 1 fully saturated rings. The molecule has 0 spiro atoms. The number of piperidine rings is 1. The lowest BCUT2D eigenvalue weighted by Gasteiger charge is -2.21. The molecule has 0 aromatic rings. The summed E-state index contributed by atoms with van der Waals surface area (Å²) in [5, 5.41) is 23.2. The molecule has 0 unspecified atom stereocenters. The molecule has 1 aliphatic rings. The van der Waals surface area contributed by atoms with E-state index in [0.29, 0.717) is 0 Å². The first-order valence-electron chi connectivity index (χ1n) is 5.50. The van der Waals surface area contributed by atoms with Crippen LogP contribution in [0.3, 0.4) is 0 Å². The summed E-state index contributed by atoms with van der Waals surface area (Å²) in [7, 11) is 0. The molecule has 1 atom stereocenters. The normalized spacial score (nSPS) is 19.1. The summed E-state index contributed by atoms with van der Waals surface area (Å²) in [6.07, 6.45) is 0.278. The van der Waals surface area contributed by atoms with Crippen molar-refractivity contribution in [2.45, 2.75) is 25.4 Å². The molecule has 6 heteroatoms. The average Bonchev–Trinajstić information content (AvgIpc) is 2.29. The first kappa shape index (κ1) is 12.9. The zero-order chi connectivity index (χ0) is 12.0. The number of aliphatic hydroxyl groups excluding tert-OH is 1. The topological polar surface area (TPSA) is 98.7 Å². The predicted molar refractivity (Wildman–Crippen MR) is 56.9 cm³/mol. The summed E-state index contributed by atoms with van der Waals surface area (Å²) >= 11 is 0. The van der Waals surface area contributed by atoms with Crippen LogP contribution in [-0.2, 0) is 9.59 Å². The lowest BCUT2D eigenvalue weighted by molar-refractivity contribution is -0.147. The Morgan fingerprint density at radius 2 is 2.00 bits per heavy atom. The van der Waals surface area contributed by atoms with Crippen LogP contribution in [0.15, 0.2) is 0 Å². The summed E-state index contributed by atoms with van der Waals surface area (Å²) in [5.41, 5.74) is 0. The summed E-state index contributed by atoms with van der Waals surface area (Å²) in [4.78, 5) is 21.9. The third kappa shape index (κ3) is 4.16. The van der Waals surface area contributed by atoms with Gasteiger partial charge >= 0.3 is 5.97 Å². The van der Waals surface area contributed by atoms with Gasteiger partial charge in [0.1, 0.15) is 0 Å². The number of carbonyl (C=O) groups is 2. The molecule has 4 N–H and O–H groups in total. The summed E-state index contributed by atoms with van der Waals surface area (Å²) in [5.74, 6) is -1.28. The maximum absolute atomic E-state index is 11.6. The van der Waals surface area contributed by atoms with Crippen LogP contribution >= 0.6 is 0 Å². The monoisotopic (exact) mass is 230 g/mol. The molecule has 0 saturated carbocycles. The largest absolute Gasteiger partial charge is 0.479 e. The van der Waals surface area contributed by atoms with Crippen molar-refractivity contribution in [3.05, 3.63) is 0 Å². The van der Waals surface area contributed by atoms with E-state index in [4.69, 9.17) is 10.2 Å². The summed E-state index contributed by atoms with van der Waals surface area (Å²) in [6.45, 7) is 1.89. The highest BCUT2D eigenvalue weighted by Gasteiger charge is 2.21. The summed E-state index contributed by atoms with van der Waals surface area (Å²) in [6, 6.07) is 0. The molecule has 92 valence electrons. The summed E-state index contributed by atoms with van der Waals surface area (Å²) < 4.78 is 0. The van der Waals surface area contributed by atoms with Gasteiger partial charge in [0.05, 0.1) is 0 Å². The van der Waals surface area contributed by atoms with Crippen LogP contribution in [-0.4, -0.2) is 47.8 Å². The van der Waals surface area contributed by atoms with Gasteiger partial charge in [-0.25, -0.2) is 4.79 Å². The second-order valence-electron chi connectivity index (χ2n) is 3.96. The molecule has 0 bridgehead atoms. The number of nitrogens with one attached hydrogen (secondary N) is 2. The van der Waals surface area contributed by atoms with E-state index < -0.39 is 12.1 Å². The second-order valence-corrected chi connectivity index (χ2v) is 3.96. The number of rotatable bonds is 5. The average molecular weight is 230 g/mol. The van der Waals surface area contributed by atoms with Crippen LogP contribution in [0.25, 0.3) is 0 Å². The van der Waals surface area contributed by atoms with Gasteiger partial charge in [0.25, 0.3) is 0 Å². The molecular weight excluding hydrogens is 212 g/mol. The Morgan fingerprint density at radius 3 is 2.56 bits per heavy atom. The molecule has 1 saturated heterocycles. The van der Waals surface area contributed by atoms with Gasteiger partial charge < -0.3 is 20.8 Å². The third-order valence-electron chi connectivity index (χ3n) is 2.71. The molecule has 0 radical (unpaired) electrons.